The minimum atomic E-state index is -0.206. The summed E-state index contributed by atoms with van der Waals surface area (Å²) in [6, 6.07) is 9.92. The molecule has 1 amide bonds. The fourth-order valence-electron chi connectivity index (χ4n) is 3.33. The van der Waals surface area contributed by atoms with Crippen molar-refractivity contribution in [3.8, 4) is 0 Å². The maximum absolute atomic E-state index is 12.9. The average Bonchev–Trinajstić information content (AvgIpc) is 3.15. The van der Waals surface area contributed by atoms with Gasteiger partial charge in [-0.25, -0.2) is 9.50 Å². The Balaban J connectivity index is 1.63. The topological polar surface area (TPSA) is 76.5 Å². The van der Waals surface area contributed by atoms with Crippen LogP contribution in [0.3, 0.4) is 0 Å². The van der Waals surface area contributed by atoms with E-state index in [4.69, 9.17) is 17.3 Å². The number of benzene rings is 1. The Kier molecular flexibility index (Phi) is 3.94. The van der Waals surface area contributed by atoms with Gasteiger partial charge >= 0.3 is 0 Å². The zero-order valence-electron chi connectivity index (χ0n) is 13.8. The molecule has 0 bridgehead atoms. The first-order chi connectivity index (χ1) is 12.0. The van der Waals surface area contributed by atoms with Crippen molar-refractivity contribution in [3.05, 3.63) is 64.6 Å². The molecule has 6 nitrogen and oxygen atoms in total. The largest absolute Gasteiger partial charge is 0.335 e. The van der Waals surface area contributed by atoms with Crippen LogP contribution in [0.5, 0.6) is 0 Å². The number of rotatable bonds is 2. The summed E-state index contributed by atoms with van der Waals surface area (Å²) in [5, 5.41) is 4.61. The molecular weight excluding hydrogens is 338 g/mol. The van der Waals surface area contributed by atoms with Gasteiger partial charge in [-0.05, 0) is 18.1 Å². The van der Waals surface area contributed by atoms with Gasteiger partial charge in [0.15, 0.2) is 11.3 Å². The molecule has 3 aromatic rings. The van der Waals surface area contributed by atoms with Gasteiger partial charge in [0.2, 0.25) is 0 Å². The first-order valence-corrected chi connectivity index (χ1v) is 8.52. The molecule has 25 heavy (non-hydrogen) atoms. The quantitative estimate of drug-likeness (QED) is 0.765. The highest BCUT2D eigenvalue weighted by atomic mass is 35.5. The number of fused-ring (bicyclic) bond motifs is 1. The Morgan fingerprint density at radius 2 is 2.04 bits per heavy atom. The smallest absolute Gasteiger partial charge is 0.276 e. The van der Waals surface area contributed by atoms with Crippen molar-refractivity contribution in [2.45, 2.75) is 18.9 Å². The fraction of sp³-hybridized carbons (Fsp3) is 0.278. The van der Waals surface area contributed by atoms with Gasteiger partial charge in [-0.1, -0.05) is 41.9 Å². The number of hydrogen-bond donors (Lipinski definition) is 1. The predicted octanol–water partition coefficient (Wildman–Crippen LogP) is 2.26. The van der Waals surface area contributed by atoms with Crippen LogP contribution in [0.25, 0.3) is 5.65 Å². The van der Waals surface area contributed by atoms with E-state index in [0.717, 1.165) is 11.1 Å². The third kappa shape index (κ3) is 2.77. The number of hydrogen-bond acceptors (Lipinski definition) is 4. The molecule has 1 aliphatic rings. The summed E-state index contributed by atoms with van der Waals surface area (Å²) < 4.78 is 1.55. The van der Waals surface area contributed by atoms with Gasteiger partial charge in [0.1, 0.15) is 5.02 Å². The monoisotopic (exact) mass is 355 g/mol. The lowest BCUT2D eigenvalue weighted by Gasteiger charge is -2.15. The highest BCUT2D eigenvalue weighted by Crippen LogP contribution is 2.29. The Morgan fingerprint density at radius 1 is 1.28 bits per heavy atom. The summed E-state index contributed by atoms with van der Waals surface area (Å²) in [5.74, 6) is -0.0941. The summed E-state index contributed by atoms with van der Waals surface area (Å²) in [4.78, 5) is 18.9. The molecule has 2 N–H and O–H groups in total. The van der Waals surface area contributed by atoms with Gasteiger partial charge in [-0.3, -0.25) is 4.79 Å². The molecule has 1 saturated heterocycles. The van der Waals surface area contributed by atoms with Crippen LogP contribution in [0.1, 0.15) is 27.5 Å². The number of nitrogens with two attached hydrogens (primary N) is 1. The zero-order chi connectivity index (χ0) is 17.6. The van der Waals surface area contributed by atoms with Crippen LogP contribution in [0, 0.1) is 6.92 Å². The molecule has 0 spiro atoms. The molecule has 128 valence electrons. The van der Waals surface area contributed by atoms with E-state index >= 15 is 0 Å². The van der Waals surface area contributed by atoms with Crippen LogP contribution in [-0.4, -0.2) is 44.5 Å². The van der Waals surface area contributed by atoms with E-state index in [1.54, 1.807) is 21.8 Å². The van der Waals surface area contributed by atoms with Crippen molar-refractivity contribution in [2.24, 2.45) is 5.73 Å². The molecular formula is C18H18ClN5O. The molecule has 1 aliphatic heterocycles. The summed E-state index contributed by atoms with van der Waals surface area (Å²) in [6.45, 7) is 2.95. The van der Waals surface area contributed by atoms with E-state index in [1.807, 2.05) is 37.3 Å². The molecule has 2 unspecified atom stereocenters. The van der Waals surface area contributed by atoms with Crippen LogP contribution in [-0.2, 0) is 0 Å². The number of aryl methyl sites for hydroxylation is 1. The van der Waals surface area contributed by atoms with Crippen LogP contribution in [0.2, 0.25) is 5.02 Å². The minimum absolute atomic E-state index is 0.109. The van der Waals surface area contributed by atoms with Crippen molar-refractivity contribution in [1.82, 2.24) is 19.5 Å². The third-order valence-electron chi connectivity index (χ3n) is 4.63. The Morgan fingerprint density at radius 3 is 2.80 bits per heavy atom. The Labute approximate surface area is 150 Å². The van der Waals surface area contributed by atoms with Crippen molar-refractivity contribution in [1.29, 1.82) is 0 Å². The summed E-state index contributed by atoms with van der Waals surface area (Å²) >= 11 is 6.35. The summed E-state index contributed by atoms with van der Waals surface area (Å²) in [7, 11) is 0. The number of carbonyl (C=O) groups excluding carboxylic acids is 1. The fourth-order valence-corrected chi connectivity index (χ4v) is 3.59. The van der Waals surface area contributed by atoms with E-state index in [2.05, 4.69) is 10.1 Å². The van der Waals surface area contributed by atoms with E-state index in [-0.39, 0.29) is 28.6 Å². The van der Waals surface area contributed by atoms with Gasteiger partial charge in [-0.15, -0.1) is 0 Å². The van der Waals surface area contributed by atoms with Crippen molar-refractivity contribution in [3.63, 3.8) is 0 Å². The lowest BCUT2D eigenvalue weighted by molar-refractivity contribution is 0.0783. The second-order valence-corrected chi connectivity index (χ2v) is 6.83. The molecule has 1 aromatic carbocycles. The standard InChI is InChI=1S/C18H18ClN5O/c1-11-7-21-17-15(19)16(22-24(17)8-11)18(25)23-9-13(14(20)10-23)12-5-3-2-4-6-12/h2-8,13-14H,9-10,20H2,1H3. The van der Waals surface area contributed by atoms with Crippen LogP contribution >= 0.6 is 11.6 Å². The lowest BCUT2D eigenvalue weighted by atomic mass is 9.95. The van der Waals surface area contributed by atoms with Gasteiger partial charge in [0.25, 0.3) is 5.91 Å². The summed E-state index contributed by atoms with van der Waals surface area (Å²) in [5.41, 5.74) is 9.08. The second-order valence-electron chi connectivity index (χ2n) is 6.45. The molecule has 0 radical (unpaired) electrons. The number of amides is 1. The first-order valence-electron chi connectivity index (χ1n) is 8.15. The number of carbonyl (C=O) groups is 1. The number of aromatic nitrogens is 3. The third-order valence-corrected chi connectivity index (χ3v) is 4.98. The number of likely N-dealkylation sites (tertiary alicyclic amines) is 1. The second kappa shape index (κ2) is 6.13. The molecule has 4 rings (SSSR count). The van der Waals surface area contributed by atoms with Crippen LogP contribution in [0.4, 0.5) is 0 Å². The molecule has 0 saturated carbocycles. The van der Waals surface area contributed by atoms with Crippen molar-refractivity contribution >= 4 is 23.2 Å². The van der Waals surface area contributed by atoms with Gasteiger partial charge < -0.3 is 10.6 Å². The van der Waals surface area contributed by atoms with Gasteiger partial charge in [0.05, 0.1) is 0 Å². The van der Waals surface area contributed by atoms with E-state index in [1.165, 1.54) is 0 Å². The molecule has 7 heteroatoms. The highest BCUT2D eigenvalue weighted by molar-refractivity contribution is 6.36. The first kappa shape index (κ1) is 16.1. The summed E-state index contributed by atoms with van der Waals surface area (Å²) in [6.07, 6.45) is 3.50. The van der Waals surface area contributed by atoms with E-state index in [0.29, 0.717) is 18.7 Å². The molecule has 3 heterocycles. The Hall–Kier alpha value is -2.44. The maximum atomic E-state index is 12.9. The lowest BCUT2D eigenvalue weighted by Crippen LogP contribution is -2.32. The minimum Gasteiger partial charge on any atom is -0.335 e. The maximum Gasteiger partial charge on any atom is 0.276 e. The molecule has 0 aliphatic carbocycles. The van der Waals surface area contributed by atoms with Crippen molar-refractivity contribution < 1.29 is 4.79 Å². The van der Waals surface area contributed by atoms with Crippen LogP contribution < -0.4 is 5.73 Å². The average molecular weight is 356 g/mol. The molecule has 2 atom stereocenters. The number of nitrogens with zero attached hydrogens (tertiary/aromatic N) is 4. The predicted molar refractivity (Wildman–Crippen MR) is 95.8 cm³/mol. The number of halogens is 1. The normalized spacial score (nSPS) is 20.4. The van der Waals surface area contributed by atoms with E-state index < -0.39 is 0 Å². The van der Waals surface area contributed by atoms with Gasteiger partial charge in [0, 0.05) is 37.4 Å². The Bertz CT molecular complexity index is 939. The van der Waals surface area contributed by atoms with Crippen molar-refractivity contribution in [2.75, 3.05) is 13.1 Å². The van der Waals surface area contributed by atoms with Gasteiger partial charge in [-0.2, -0.15) is 5.10 Å². The zero-order valence-corrected chi connectivity index (χ0v) is 14.5. The SMILES string of the molecule is Cc1cnc2c(Cl)c(C(=O)N3CC(N)C(c4ccccc4)C3)nn2c1. The molecule has 1 fully saturated rings. The van der Waals surface area contributed by atoms with Crippen LogP contribution in [0.15, 0.2) is 42.7 Å². The highest BCUT2D eigenvalue weighted by Gasteiger charge is 2.36. The van der Waals surface area contributed by atoms with E-state index in [9.17, 15) is 4.79 Å². The molecule has 2 aromatic heterocycles.